The lowest BCUT2D eigenvalue weighted by atomic mass is 9.92. The van der Waals surface area contributed by atoms with Gasteiger partial charge in [0.25, 0.3) is 0 Å². The maximum atomic E-state index is 11.5. The Hall–Kier alpha value is -0.910. The van der Waals surface area contributed by atoms with Crippen LogP contribution in [0.15, 0.2) is 16.6 Å². The quantitative estimate of drug-likeness (QED) is 0.855. The maximum absolute atomic E-state index is 11.5. The van der Waals surface area contributed by atoms with E-state index in [1.54, 1.807) is 0 Å². The van der Waals surface area contributed by atoms with E-state index in [1.807, 2.05) is 6.07 Å². The predicted molar refractivity (Wildman–Crippen MR) is 92.9 cm³/mol. The summed E-state index contributed by atoms with van der Waals surface area (Å²) in [4.78, 5) is 13.7. The summed E-state index contributed by atoms with van der Waals surface area (Å²) in [7, 11) is 2.09. The molecule has 1 aromatic carbocycles. The third-order valence-corrected chi connectivity index (χ3v) is 4.90. The van der Waals surface area contributed by atoms with Crippen LogP contribution in [-0.2, 0) is 11.3 Å². The molecule has 1 saturated carbocycles. The molecule has 22 heavy (non-hydrogen) atoms. The molecule has 2 rings (SSSR count). The minimum Gasteiger partial charge on any atom is -0.393 e. The molecule has 5 heteroatoms. The number of halogens is 1. The highest BCUT2D eigenvalue weighted by Crippen LogP contribution is 2.31. The van der Waals surface area contributed by atoms with E-state index in [0.29, 0.717) is 6.04 Å². The zero-order chi connectivity index (χ0) is 16.3. The van der Waals surface area contributed by atoms with Crippen LogP contribution in [0, 0.1) is 6.92 Å². The molecule has 122 valence electrons. The van der Waals surface area contributed by atoms with Crippen molar-refractivity contribution in [2.45, 2.75) is 58.2 Å². The number of amides is 1. The molecule has 1 amide bonds. The Labute approximate surface area is 141 Å². The molecule has 1 aliphatic rings. The van der Waals surface area contributed by atoms with Gasteiger partial charge in [0.15, 0.2) is 0 Å². The number of carbonyl (C=O) groups excluding carboxylic acids is 1. The van der Waals surface area contributed by atoms with Crippen LogP contribution in [0.25, 0.3) is 0 Å². The summed E-state index contributed by atoms with van der Waals surface area (Å²) in [6, 6.07) is 4.53. The van der Waals surface area contributed by atoms with Crippen LogP contribution in [0.2, 0.25) is 0 Å². The van der Waals surface area contributed by atoms with Crippen molar-refractivity contribution < 1.29 is 9.90 Å². The number of aryl methyl sites for hydroxylation is 1. The van der Waals surface area contributed by atoms with Gasteiger partial charge in [-0.1, -0.05) is 6.07 Å². The van der Waals surface area contributed by atoms with Crippen LogP contribution in [0.5, 0.6) is 0 Å². The minimum atomic E-state index is -0.180. The molecule has 1 fully saturated rings. The molecule has 0 radical (unpaired) electrons. The van der Waals surface area contributed by atoms with Crippen molar-refractivity contribution in [1.82, 2.24) is 4.90 Å². The topological polar surface area (TPSA) is 52.6 Å². The Kier molecular flexibility index (Phi) is 6.01. The fraction of sp³-hybridized carbons (Fsp3) is 0.588. The zero-order valence-electron chi connectivity index (χ0n) is 13.5. The number of hydrogen-bond acceptors (Lipinski definition) is 3. The average molecular weight is 369 g/mol. The molecule has 2 N–H and O–H groups in total. The monoisotopic (exact) mass is 368 g/mol. The minimum absolute atomic E-state index is 0.0680. The SMILES string of the molecule is CC(=O)Nc1c(Br)cc(C)cc1CN(C)[C@@H]1CCC[C@H](O)C1. The number of carbonyl (C=O) groups is 1. The first-order valence-electron chi connectivity index (χ1n) is 7.81. The summed E-state index contributed by atoms with van der Waals surface area (Å²) in [5, 5.41) is 12.8. The highest BCUT2D eigenvalue weighted by atomic mass is 79.9. The summed E-state index contributed by atoms with van der Waals surface area (Å²) < 4.78 is 0.912. The van der Waals surface area contributed by atoms with Crippen molar-refractivity contribution in [3.63, 3.8) is 0 Å². The summed E-state index contributed by atoms with van der Waals surface area (Å²) in [6.45, 7) is 4.33. The first-order chi connectivity index (χ1) is 10.4. The van der Waals surface area contributed by atoms with Crippen LogP contribution < -0.4 is 5.32 Å². The fourth-order valence-electron chi connectivity index (χ4n) is 3.19. The van der Waals surface area contributed by atoms with Crippen molar-refractivity contribution in [2.75, 3.05) is 12.4 Å². The van der Waals surface area contributed by atoms with Gasteiger partial charge in [0.2, 0.25) is 5.91 Å². The van der Waals surface area contributed by atoms with Crippen molar-refractivity contribution in [2.24, 2.45) is 0 Å². The zero-order valence-corrected chi connectivity index (χ0v) is 15.1. The molecule has 1 aliphatic carbocycles. The van der Waals surface area contributed by atoms with E-state index in [2.05, 4.69) is 46.2 Å². The Morgan fingerprint density at radius 3 is 2.82 bits per heavy atom. The van der Waals surface area contributed by atoms with Gasteiger partial charge in [0, 0.05) is 24.0 Å². The van der Waals surface area contributed by atoms with E-state index < -0.39 is 0 Å². The van der Waals surface area contributed by atoms with Gasteiger partial charge in [-0.25, -0.2) is 0 Å². The molecule has 1 aromatic rings. The van der Waals surface area contributed by atoms with Gasteiger partial charge in [-0.05, 0) is 72.8 Å². The van der Waals surface area contributed by atoms with Crippen LogP contribution in [-0.4, -0.2) is 35.1 Å². The van der Waals surface area contributed by atoms with Gasteiger partial charge >= 0.3 is 0 Å². The van der Waals surface area contributed by atoms with E-state index in [9.17, 15) is 9.90 Å². The molecule has 4 nitrogen and oxygen atoms in total. The second-order valence-electron chi connectivity index (χ2n) is 6.35. The number of aliphatic hydroxyl groups is 1. The molecule has 0 unspecified atom stereocenters. The molecular weight excluding hydrogens is 344 g/mol. The molecule has 0 bridgehead atoms. The normalized spacial score (nSPS) is 21.9. The highest BCUT2D eigenvalue weighted by molar-refractivity contribution is 9.10. The largest absolute Gasteiger partial charge is 0.393 e. The Morgan fingerprint density at radius 2 is 2.18 bits per heavy atom. The third-order valence-electron chi connectivity index (χ3n) is 4.28. The third kappa shape index (κ3) is 4.54. The second-order valence-corrected chi connectivity index (χ2v) is 7.21. The second kappa shape index (κ2) is 7.57. The van der Waals surface area contributed by atoms with Crippen LogP contribution >= 0.6 is 15.9 Å². The average Bonchev–Trinajstić information content (AvgIpc) is 2.42. The maximum Gasteiger partial charge on any atom is 0.221 e. The smallest absolute Gasteiger partial charge is 0.221 e. The molecular formula is C17H25BrN2O2. The first kappa shape index (κ1) is 17.4. The van der Waals surface area contributed by atoms with Crippen LogP contribution in [0.4, 0.5) is 5.69 Å². The van der Waals surface area contributed by atoms with E-state index in [-0.39, 0.29) is 12.0 Å². The Balaban J connectivity index is 2.18. The molecule has 0 aromatic heterocycles. The lowest BCUT2D eigenvalue weighted by molar-refractivity contribution is -0.114. The molecule has 0 spiro atoms. The number of aliphatic hydroxyl groups excluding tert-OH is 1. The van der Waals surface area contributed by atoms with Gasteiger partial charge in [0.05, 0.1) is 11.8 Å². The van der Waals surface area contributed by atoms with Crippen LogP contribution in [0.1, 0.15) is 43.7 Å². The van der Waals surface area contributed by atoms with E-state index >= 15 is 0 Å². The number of hydrogen-bond donors (Lipinski definition) is 2. The van der Waals surface area contributed by atoms with Gasteiger partial charge in [-0.15, -0.1) is 0 Å². The Bertz CT molecular complexity index is 548. The molecule has 0 aliphatic heterocycles. The predicted octanol–water partition coefficient (Wildman–Crippen LogP) is 3.45. The van der Waals surface area contributed by atoms with Gasteiger partial charge in [0.1, 0.15) is 0 Å². The van der Waals surface area contributed by atoms with Crippen LogP contribution in [0.3, 0.4) is 0 Å². The number of anilines is 1. The van der Waals surface area contributed by atoms with Gasteiger partial charge in [-0.3, -0.25) is 9.69 Å². The summed E-state index contributed by atoms with van der Waals surface area (Å²) in [6.07, 6.45) is 3.76. The summed E-state index contributed by atoms with van der Waals surface area (Å²) in [5.74, 6) is -0.0680. The molecule has 2 atom stereocenters. The van der Waals surface area contributed by atoms with Crippen molar-refractivity contribution >= 4 is 27.5 Å². The standard InChI is InChI=1S/C17H25BrN2O2/c1-11-7-13(17(16(18)8-11)19-12(2)21)10-20(3)14-5-4-6-15(22)9-14/h7-8,14-15,22H,4-6,9-10H2,1-3H3,(H,19,21)/t14-,15+/m1/s1. The number of nitrogens with zero attached hydrogens (tertiary/aromatic N) is 1. The highest BCUT2D eigenvalue weighted by Gasteiger charge is 2.24. The molecule has 0 heterocycles. The number of rotatable bonds is 4. The summed E-state index contributed by atoms with van der Waals surface area (Å²) >= 11 is 3.55. The summed E-state index contributed by atoms with van der Waals surface area (Å²) in [5.41, 5.74) is 3.11. The lowest BCUT2D eigenvalue weighted by Gasteiger charge is -2.34. The van der Waals surface area contributed by atoms with E-state index in [0.717, 1.165) is 53.5 Å². The number of nitrogens with one attached hydrogen (secondary N) is 1. The van der Waals surface area contributed by atoms with E-state index in [1.165, 1.54) is 6.92 Å². The van der Waals surface area contributed by atoms with Crippen molar-refractivity contribution in [3.05, 3.63) is 27.7 Å². The first-order valence-corrected chi connectivity index (χ1v) is 8.61. The van der Waals surface area contributed by atoms with Gasteiger partial charge in [-0.2, -0.15) is 0 Å². The van der Waals surface area contributed by atoms with Crippen molar-refractivity contribution in [3.8, 4) is 0 Å². The van der Waals surface area contributed by atoms with Gasteiger partial charge < -0.3 is 10.4 Å². The Morgan fingerprint density at radius 1 is 1.45 bits per heavy atom. The van der Waals surface area contributed by atoms with E-state index in [4.69, 9.17) is 0 Å². The number of benzene rings is 1. The lowest BCUT2D eigenvalue weighted by Crippen LogP contribution is -2.37. The van der Waals surface area contributed by atoms with Crippen molar-refractivity contribution in [1.29, 1.82) is 0 Å². The fourth-order valence-corrected chi connectivity index (χ4v) is 3.91. The molecule has 0 saturated heterocycles.